The lowest BCUT2D eigenvalue weighted by Crippen LogP contribution is -2.47. The van der Waals surface area contributed by atoms with Crippen molar-refractivity contribution in [3.8, 4) is 11.8 Å². The van der Waals surface area contributed by atoms with Crippen molar-refractivity contribution in [3.63, 3.8) is 0 Å². The smallest absolute Gasteiger partial charge is 0.159 e. The van der Waals surface area contributed by atoms with E-state index in [1.807, 2.05) is 30.3 Å². The molecule has 1 aliphatic heterocycles. The Hall–Kier alpha value is -3.36. The molecule has 2 N–H and O–H groups in total. The molecule has 0 bridgehead atoms. The number of piperidine rings is 1. The van der Waals surface area contributed by atoms with Crippen LogP contribution in [0.25, 0.3) is 10.8 Å². The summed E-state index contributed by atoms with van der Waals surface area (Å²) in [6.07, 6.45) is 4.20. The summed E-state index contributed by atoms with van der Waals surface area (Å²) in [5.74, 6) is 1.93. The van der Waals surface area contributed by atoms with Crippen molar-refractivity contribution in [2.75, 3.05) is 30.4 Å². The minimum atomic E-state index is -0.859. The number of nitrogens with one attached hydrogen (secondary N) is 1. The second kappa shape index (κ2) is 12.5. The zero-order valence-corrected chi connectivity index (χ0v) is 22.9. The number of methoxy groups -OCH3 is 1. The predicted octanol–water partition coefficient (Wildman–Crippen LogP) is 4.24. The Bertz CT molecular complexity index is 1420. The first kappa shape index (κ1) is 29.2. The van der Waals surface area contributed by atoms with Crippen LogP contribution in [0.3, 0.4) is 0 Å². The molecule has 1 saturated heterocycles. The van der Waals surface area contributed by atoms with Gasteiger partial charge in [-0.3, -0.25) is 4.68 Å². The Labute approximate surface area is 237 Å². The van der Waals surface area contributed by atoms with Crippen molar-refractivity contribution in [2.45, 2.75) is 31.5 Å². The van der Waals surface area contributed by atoms with Crippen molar-refractivity contribution >= 4 is 58.8 Å². The largest absolute Gasteiger partial charge is 0.495 e. The van der Waals surface area contributed by atoms with Gasteiger partial charge in [-0.05, 0) is 48.7 Å². The fourth-order valence-corrected chi connectivity index (χ4v) is 4.77. The van der Waals surface area contributed by atoms with Gasteiger partial charge >= 0.3 is 0 Å². The number of halogens is 3. The fourth-order valence-electron chi connectivity index (χ4n) is 4.49. The zero-order valence-electron chi connectivity index (χ0n) is 20.5. The summed E-state index contributed by atoms with van der Waals surface area (Å²) in [5.41, 5.74) is 0.638. The van der Waals surface area contributed by atoms with Crippen LogP contribution in [0.1, 0.15) is 24.0 Å². The van der Waals surface area contributed by atoms with Crippen LogP contribution in [0.15, 0.2) is 49.1 Å². The molecule has 38 heavy (non-hydrogen) atoms. The number of hydrogen-bond acceptors (Lipinski definition) is 9. The average molecular weight is 578 g/mol. The van der Waals surface area contributed by atoms with E-state index in [4.69, 9.17) is 16.3 Å². The Balaban J connectivity index is 0.00000200. The minimum absolute atomic E-state index is 0. The van der Waals surface area contributed by atoms with Gasteiger partial charge in [0.25, 0.3) is 0 Å². The van der Waals surface area contributed by atoms with Crippen LogP contribution >= 0.6 is 36.4 Å². The highest BCUT2D eigenvalue weighted by Gasteiger charge is 2.34. The molecular formula is C25H27Cl3N8O2. The molecular weight excluding hydrogens is 551 g/mol. The maximum atomic E-state index is 11.0. The molecule has 1 fully saturated rings. The van der Waals surface area contributed by atoms with Gasteiger partial charge in [0.05, 0.1) is 35.9 Å². The quantitative estimate of drug-likeness (QED) is 0.332. The van der Waals surface area contributed by atoms with Gasteiger partial charge in [-0.2, -0.15) is 10.4 Å². The average Bonchev–Trinajstić information content (AvgIpc) is 3.40. The van der Waals surface area contributed by atoms with Crippen molar-refractivity contribution in [1.29, 1.82) is 5.26 Å². The summed E-state index contributed by atoms with van der Waals surface area (Å²) >= 11 is 6.26. The predicted molar refractivity (Wildman–Crippen MR) is 150 cm³/mol. The van der Waals surface area contributed by atoms with Crippen LogP contribution in [0, 0.1) is 11.3 Å². The zero-order chi connectivity index (χ0) is 25.1. The molecule has 10 nitrogen and oxygen atoms in total. The standard InChI is InChI=1S/C25H25ClN8O2.2ClH/c1-36-22-5-3-18(11-21(22)26)13-29-23-20-10-17(12-27)2-4-19(20)24(32-31-23)33-8-6-25(35,7-9-33)14-34-16-28-15-30-34;;/h2-5,10-11,15-16,35H,6-9,13-14H2,1H3,(H,29,31);2*1H. The summed E-state index contributed by atoms with van der Waals surface area (Å²) in [6.45, 7) is 2.11. The molecule has 200 valence electrons. The summed E-state index contributed by atoms with van der Waals surface area (Å²) in [6, 6.07) is 13.3. The Morgan fingerprint density at radius 1 is 1.13 bits per heavy atom. The number of aliphatic hydroxyl groups is 1. The molecule has 0 spiro atoms. The number of fused-ring (bicyclic) bond motifs is 1. The van der Waals surface area contributed by atoms with Gasteiger partial charge in [-0.15, -0.1) is 35.0 Å². The SMILES string of the molecule is COc1ccc(CNc2nnc(N3CCC(O)(Cn4cncn4)CC3)c3ccc(C#N)cc23)cc1Cl.Cl.Cl. The van der Waals surface area contributed by atoms with Gasteiger partial charge in [0.15, 0.2) is 11.6 Å². The van der Waals surface area contributed by atoms with Gasteiger partial charge in [0, 0.05) is 30.4 Å². The number of ether oxygens (including phenoxy) is 1. The normalized spacial score (nSPS) is 14.2. The number of aromatic nitrogens is 5. The lowest BCUT2D eigenvalue weighted by Gasteiger charge is -2.38. The topological polar surface area (TPSA) is 125 Å². The van der Waals surface area contributed by atoms with Crippen LogP contribution in [0.5, 0.6) is 5.75 Å². The molecule has 0 radical (unpaired) electrons. The van der Waals surface area contributed by atoms with Crippen molar-refractivity contribution in [3.05, 3.63) is 65.2 Å². The molecule has 2 aromatic carbocycles. The van der Waals surface area contributed by atoms with E-state index in [0.717, 1.165) is 22.2 Å². The molecule has 3 heterocycles. The van der Waals surface area contributed by atoms with Crippen molar-refractivity contribution in [2.24, 2.45) is 0 Å². The van der Waals surface area contributed by atoms with Gasteiger partial charge in [-0.25, -0.2) is 4.98 Å². The van der Waals surface area contributed by atoms with E-state index >= 15 is 0 Å². The second-order valence-electron chi connectivity index (χ2n) is 8.87. The molecule has 0 amide bonds. The minimum Gasteiger partial charge on any atom is -0.495 e. The van der Waals surface area contributed by atoms with Crippen LogP contribution in [0.2, 0.25) is 5.02 Å². The van der Waals surface area contributed by atoms with E-state index in [0.29, 0.717) is 61.2 Å². The first-order chi connectivity index (χ1) is 17.5. The summed E-state index contributed by atoms with van der Waals surface area (Å²) in [5, 5.41) is 39.2. The number of anilines is 2. The summed E-state index contributed by atoms with van der Waals surface area (Å²) < 4.78 is 6.88. The Morgan fingerprint density at radius 2 is 1.92 bits per heavy atom. The molecule has 0 unspecified atom stereocenters. The molecule has 1 aliphatic rings. The number of benzene rings is 2. The molecule has 0 saturated carbocycles. The second-order valence-corrected chi connectivity index (χ2v) is 9.28. The van der Waals surface area contributed by atoms with Crippen LogP contribution in [0.4, 0.5) is 11.6 Å². The number of nitrogens with zero attached hydrogens (tertiary/aromatic N) is 7. The molecule has 0 aliphatic carbocycles. The van der Waals surface area contributed by atoms with E-state index in [1.165, 1.54) is 6.33 Å². The van der Waals surface area contributed by atoms with Crippen LogP contribution in [-0.2, 0) is 13.1 Å². The number of nitriles is 1. The lowest BCUT2D eigenvalue weighted by molar-refractivity contribution is -0.00319. The molecule has 5 rings (SSSR count). The lowest BCUT2D eigenvalue weighted by atomic mass is 9.91. The molecule has 0 atom stereocenters. The third kappa shape index (κ3) is 6.19. The number of rotatable bonds is 7. The van der Waals surface area contributed by atoms with Gasteiger partial charge in [0.1, 0.15) is 18.4 Å². The molecule has 13 heteroatoms. The van der Waals surface area contributed by atoms with Crippen molar-refractivity contribution in [1.82, 2.24) is 25.0 Å². The van der Waals surface area contributed by atoms with Crippen LogP contribution in [-0.4, -0.2) is 55.9 Å². The molecule has 4 aromatic rings. The summed E-state index contributed by atoms with van der Waals surface area (Å²) in [4.78, 5) is 6.08. The third-order valence-electron chi connectivity index (χ3n) is 6.48. The first-order valence-electron chi connectivity index (χ1n) is 11.5. The molecule has 2 aromatic heterocycles. The first-order valence-corrected chi connectivity index (χ1v) is 11.9. The van der Waals surface area contributed by atoms with E-state index in [-0.39, 0.29) is 24.8 Å². The van der Waals surface area contributed by atoms with Crippen LogP contribution < -0.4 is 15.0 Å². The number of hydrogen-bond donors (Lipinski definition) is 2. The highest BCUT2D eigenvalue weighted by Crippen LogP contribution is 2.33. The fraction of sp³-hybridized carbons (Fsp3) is 0.320. The highest BCUT2D eigenvalue weighted by molar-refractivity contribution is 6.32. The van der Waals surface area contributed by atoms with E-state index < -0.39 is 5.60 Å². The third-order valence-corrected chi connectivity index (χ3v) is 6.78. The Kier molecular flexibility index (Phi) is 9.57. The van der Waals surface area contributed by atoms with Gasteiger partial charge in [0.2, 0.25) is 0 Å². The highest BCUT2D eigenvalue weighted by atomic mass is 35.5. The van der Waals surface area contributed by atoms with Gasteiger partial charge < -0.3 is 20.1 Å². The van der Waals surface area contributed by atoms with Gasteiger partial charge in [-0.1, -0.05) is 17.7 Å². The van der Waals surface area contributed by atoms with E-state index in [9.17, 15) is 10.4 Å². The van der Waals surface area contributed by atoms with Crippen molar-refractivity contribution < 1.29 is 9.84 Å². The monoisotopic (exact) mass is 576 g/mol. The van der Waals surface area contributed by atoms with E-state index in [1.54, 1.807) is 24.2 Å². The van der Waals surface area contributed by atoms with E-state index in [2.05, 4.69) is 36.6 Å². The maximum absolute atomic E-state index is 11.0. The Morgan fingerprint density at radius 3 is 2.58 bits per heavy atom. The maximum Gasteiger partial charge on any atom is 0.159 e. The summed E-state index contributed by atoms with van der Waals surface area (Å²) in [7, 11) is 1.58.